The van der Waals surface area contributed by atoms with Crippen LogP contribution in [0.25, 0.3) is 0 Å². The second-order valence-corrected chi connectivity index (χ2v) is 8.65. The van der Waals surface area contributed by atoms with Gasteiger partial charge in [-0.3, -0.25) is 4.79 Å². The number of nitrogens with zero attached hydrogens (tertiary/aromatic N) is 2. The van der Waals surface area contributed by atoms with E-state index in [1.54, 1.807) is 17.0 Å². The highest BCUT2D eigenvalue weighted by molar-refractivity contribution is 6.04. The van der Waals surface area contributed by atoms with E-state index < -0.39 is 11.7 Å². The largest absolute Gasteiger partial charge is 0.377 e. The highest BCUT2D eigenvalue weighted by atomic mass is 19.1. The number of hydrogen-bond donors (Lipinski definition) is 2. The first-order chi connectivity index (χ1) is 16.2. The Morgan fingerprint density at radius 1 is 0.912 bits per heavy atom. The molecule has 178 valence electrons. The van der Waals surface area contributed by atoms with Crippen LogP contribution in [0, 0.1) is 5.82 Å². The molecule has 0 aliphatic carbocycles. The van der Waals surface area contributed by atoms with Crippen molar-refractivity contribution in [3.63, 3.8) is 0 Å². The summed E-state index contributed by atoms with van der Waals surface area (Å²) in [5.41, 5.74) is 3.62. The fourth-order valence-corrected chi connectivity index (χ4v) is 3.61. The van der Waals surface area contributed by atoms with Crippen LogP contribution in [0.2, 0.25) is 0 Å². The number of amides is 3. The van der Waals surface area contributed by atoms with Crippen LogP contribution in [0.4, 0.5) is 20.6 Å². The maximum Gasteiger partial charge on any atom is 0.318 e. The van der Waals surface area contributed by atoms with E-state index in [0.29, 0.717) is 18.8 Å². The summed E-state index contributed by atoms with van der Waals surface area (Å²) in [6.45, 7) is 4.62. The number of hydrogen-bond acceptors (Lipinski definition) is 3. The average Bonchev–Trinajstić information content (AvgIpc) is 2.79. The van der Waals surface area contributed by atoms with Crippen molar-refractivity contribution in [3.8, 4) is 0 Å². The molecule has 0 aliphatic heterocycles. The maximum atomic E-state index is 13.5. The van der Waals surface area contributed by atoms with Gasteiger partial charge in [0.05, 0.1) is 0 Å². The lowest BCUT2D eigenvalue weighted by Gasteiger charge is -2.27. The Balaban J connectivity index is 1.89. The molecule has 3 amide bonds. The van der Waals surface area contributed by atoms with Crippen LogP contribution in [-0.2, 0) is 13.1 Å². The average molecular weight is 463 g/mol. The monoisotopic (exact) mass is 462 g/mol. The van der Waals surface area contributed by atoms with Crippen molar-refractivity contribution >= 4 is 23.3 Å². The summed E-state index contributed by atoms with van der Waals surface area (Å²) in [4.78, 5) is 29.4. The summed E-state index contributed by atoms with van der Waals surface area (Å²) in [5, 5.41) is 5.81. The van der Waals surface area contributed by atoms with Gasteiger partial charge in [-0.05, 0) is 61.4 Å². The van der Waals surface area contributed by atoms with Gasteiger partial charge >= 0.3 is 6.03 Å². The van der Waals surface area contributed by atoms with E-state index in [1.165, 1.54) is 18.2 Å². The third-order valence-electron chi connectivity index (χ3n) is 5.18. The lowest BCUT2D eigenvalue weighted by atomic mass is 10.1. The van der Waals surface area contributed by atoms with Gasteiger partial charge in [-0.15, -0.1) is 0 Å². The predicted molar refractivity (Wildman–Crippen MR) is 134 cm³/mol. The van der Waals surface area contributed by atoms with E-state index in [9.17, 15) is 14.0 Å². The zero-order chi connectivity index (χ0) is 24.7. The highest BCUT2D eigenvalue weighted by Gasteiger charge is 2.19. The SMILES string of the molecule is CC(C)NC(=O)N(Cc1ccccc1)Cc1cc(NC(=O)c2cccc(F)c2)ccc1N(C)C. The minimum atomic E-state index is -0.469. The van der Waals surface area contributed by atoms with Gasteiger partial charge in [0.1, 0.15) is 5.82 Å². The van der Waals surface area contributed by atoms with Crippen molar-refractivity contribution in [2.45, 2.75) is 33.0 Å². The molecule has 34 heavy (non-hydrogen) atoms. The van der Waals surface area contributed by atoms with E-state index in [4.69, 9.17) is 0 Å². The Bertz CT molecular complexity index is 1130. The molecule has 0 aliphatic rings. The Kier molecular flexibility index (Phi) is 8.24. The Morgan fingerprint density at radius 2 is 1.65 bits per heavy atom. The molecular weight excluding hydrogens is 431 g/mol. The fourth-order valence-electron chi connectivity index (χ4n) is 3.61. The number of anilines is 2. The van der Waals surface area contributed by atoms with E-state index in [1.807, 2.05) is 75.3 Å². The molecule has 7 heteroatoms. The molecule has 2 N–H and O–H groups in total. The molecule has 6 nitrogen and oxygen atoms in total. The molecule has 0 spiro atoms. The predicted octanol–water partition coefficient (Wildman–Crippen LogP) is 5.26. The van der Waals surface area contributed by atoms with Gasteiger partial charge in [-0.1, -0.05) is 36.4 Å². The second kappa shape index (κ2) is 11.3. The van der Waals surface area contributed by atoms with Crippen molar-refractivity contribution in [2.24, 2.45) is 0 Å². The molecular formula is C27H31FN4O2. The lowest BCUT2D eigenvalue weighted by Crippen LogP contribution is -2.42. The Morgan fingerprint density at radius 3 is 2.29 bits per heavy atom. The molecule has 3 aromatic rings. The quantitative estimate of drug-likeness (QED) is 0.480. The van der Waals surface area contributed by atoms with Crippen molar-refractivity contribution in [1.29, 1.82) is 0 Å². The Hall–Kier alpha value is -3.87. The maximum absolute atomic E-state index is 13.5. The molecule has 3 rings (SSSR count). The number of rotatable bonds is 8. The van der Waals surface area contributed by atoms with Crippen LogP contribution < -0.4 is 15.5 Å². The summed E-state index contributed by atoms with van der Waals surface area (Å²) in [6, 6.07) is 20.7. The van der Waals surface area contributed by atoms with Crippen LogP contribution in [0.1, 0.15) is 35.3 Å². The number of urea groups is 1. The van der Waals surface area contributed by atoms with Gasteiger partial charge in [-0.2, -0.15) is 0 Å². The highest BCUT2D eigenvalue weighted by Crippen LogP contribution is 2.26. The van der Waals surface area contributed by atoms with Gasteiger partial charge in [0.2, 0.25) is 0 Å². The van der Waals surface area contributed by atoms with Gasteiger partial charge in [-0.25, -0.2) is 9.18 Å². The van der Waals surface area contributed by atoms with Crippen LogP contribution in [0.15, 0.2) is 72.8 Å². The fraction of sp³-hybridized carbons (Fsp3) is 0.259. The van der Waals surface area contributed by atoms with Crippen molar-refractivity contribution in [2.75, 3.05) is 24.3 Å². The van der Waals surface area contributed by atoms with Crippen molar-refractivity contribution in [1.82, 2.24) is 10.2 Å². The normalized spacial score (nSPS) is 10.6. The first-order valence-corrected chi connectivity index (χ1v) is 11.2. The summed E-state index contributed by atoms with van der Waals surface area (Å²) < 4.78 is 13.5. The van der Waals surface area contributed by atoms with E-state index in [0.717, 1.165) is 16.8 Å². The van der Waals surface area contributed by atoms with Crippen LogP contribution in [-0.4, -0.2) is 37.0 Å². The van der Waals surface area contributed by atoms with E-state index in [-0.39, 0.29) is 17.6 Å². The molecule has 0 unspecified atom stereocenters. The van der Waals surface area contributed by atoms with Crippen LogP contribution in [0.3, 0.4) is 0 Å². The summed E-state index contributed by atoms with van der Waals surface area (Å²) in [7, 11) is 3.86. The zero-order valence-electron chi connectivity index (χ0n) is 20.0. The van der Waals surface area contributed by atoms with Crippen molar-refractivity contribution < 1.29 is 14.0 Å². The lowest BCUT2D eigenvalue weighted by molar-refractivity contribution is 0.102. The topological polar surface area (TPSA) is 64.7 Å². The Labute approximate surface area is 200 Å². The van der Waals surface area contributed by atoms with Crippen LogP contribution in [0.5, 0.6) is 0 Å². The number of benzene rings is 3. The second-order valence-electron chi connectivity index (χ2n) is 8.65. The van der Waals surface area contributed by atoms with Gasteiger partial charge in [0.15, 0.2) is 0 Å². The number of halogens is 1. The minimum absolute atomic E-state index is 0.00372. The van der Waals surface area contributed by atoms with Gasteiger partial charge < -0.3 is 20.4 Å². The van der Waals surface area contributed by atoms with Crippen molar-refractivity contribution in [3.05, 3.63) is 95.3 Å². The molecule has 3 aromatic carbocycles. The molecule has 0 saturated heterocycles. The van der Waals surface area contributed by atoms with E-state index >= 15 is 0 Å². The number of carbonyl (C=O) groups is 2. The minimum Gasteiger partial charge on any atom is -0.377 e. The first kappa shape index (κ1) is 24.8. The summed E-state index contributed by atoms with van der Waals surface area (Å²) in [5.74, 6) is -0.870. The first-order valence-electron chi connectivity index (χ1n) is 11.2. The zero-order valence-corrected chi connectivity index (χ0v) is 20.0. The molecule has 0 atom stereocenters. The third-order valence-corrected chi connectivity index (χ3v) is 5.18. The number of nitrogens with one attached hydrogen (secondary N) is 2. The van der Waals surface area contributed by atoms with E-state index in [2.05, 4.69) is 10.6 Å². The molecule has 0 radical (unpaired) electrons. The standard InChI is InChI=1S/C27H31FN4O2/c1-19(2)29-27(34)32(17-20-9-6-5-7-10-20)18-22-16-24(13-14-25(22)31(3)4)30-26(33)21-11-8-12-23(28)15-21/h5-16,19H,17-18H2,1-4H3,(H,29,34)(H,30,33). The smallest absolute Gasteiger partial charge is 0.318 e. The third kappa shape index (κ3) is 6.81. The molecule has 0 fully saturated rings. The van der Waals surface area contributed by atoms with Gasteiger partial charge in [0.25, 0.3) is 5.91 Å². The molecule has 0 saturated carbocycles. The van der Waals surface area contributed by atoms with Gasteiger partial charge in [0, 0.05) is 50.2 Å². The molecule has 0 aromatic heterocycles. The van der Waals surface area contributed by atoms with Crippen LogP contribution >= 0.6 is 0 Å². The summed E-state index contributed by atoms with van der Waals surface area (Å²) in [6.07, 6.45) is 0. The number of carbonyl (C=O) groups excluding carboxylic acids is 2. The molecule has 0 bridgehead atoms. The summed E-state index contributed by atoms with van der Waals surface area (Å²) >= 11 is 0. The molecule has 0 heterocycles.